The number of carbonyl (C=O) groups excluding carboxylic acids is 1. The zero-order chi connectivity index (χ0) is 12.5. The van der Waals surface area contributed by atoms with Crippen LogP contribution < -0.4 is 9.64 Å². The third-order valence-corrected chi connectivity index (χ3v) is 2.21. The summed E-state index contributed by atoms with van der Waals surface area (Å²) in [7, 11) is 0. The second-order valence-corrected chi connectivity index (χ2v) is 4.81. The maximum absolute atomic E-state index is 12.0. The van der Waals surface area contributed by atoms with E-state index >= 15 is 0 Å². The molecule has 2 rings (SSSR count). The summed E-state index contributed by atoms with van der Waals surface area (Å²) >= 11 is 0. The molecule has 0 atom stereocenters. The molecule has 1 aromatic rings. The minimum Gasteiger partial charge on any atom is -0.474 e. The van der Waals surface area contributed by atoms with Crippen LogP contribution in [-0.4, -0.2) is 29.8 Å². The van der Waals surface area contributed by atoms with Crippen LogP contribution in [0.1, 0.15) is 20.8 Å². The molecule has 1 aliphatic heterocycles. The van der Waals surface area contributed by atoms with Crippen LogP contribution >= 0.6 is 0 Å². The molecule has 1 aromatic heterocycles. The van der Waals surface area contributed by atoms with Gasteiger partial charge < -0.3 is 9.47 Å². The largest absolute Gasteiger partial charge is 0.474 e. The number of ether oxygens (including phenoxy) is 2. The first kappa shape index (κ1) is 11.7. The second-order valence-electron chi connectivity index (χ2n) is 4.81. The van der Waals surface area contributed by atoms with Crippen LogP contribution in [0.3, 0.4) is 0 Å². The molecular weight excluding hydrogens is 220 g/mol. The molecule has 5 heteroatoms. The quantitative estimate of drug-likeness (QED) is 0.693. The normalized spacial score (nSPS) is 14.9. The predicted octanol–water partition coefficient (Wildman–Crippen LogP) is 2.22. The molecule has 1 amide bonds. The molecule has 0 radical (unpaired) electrons. The predicted molar refractivity (Wildman–Crippen MR) is 63.3 cm³/mol. The van der Waals surface area contributed by atoms with Crippen molar-refractivity contribution in [2.75, 3.05) is 18.1 Å². The van der Waals surface area contributed by atoms with Crippen molar-refractivity contribution < 1.29 is 14.3 Å². The molecule has 1 aliphatic rings. The molecule has 0 spiro atoms. The van der Waals surface area contributed by atoms with Gasteiger partial charge in [0.1, 0.15) is 17.9 Å². The Bertz CT molecular complexity index is 426. The van der Waals surface area contributed by atoms with E-state index in [4.69, 9.17) is 9.47 Å². The van der Waals surface area contributed by atoms with E-state index in [0.717, 1.165) is 0 Å². The van der Waals surface area contributed by atoms with Gasteiger partial charge in [-0.2, -0.15) is 0 Å². The van der Waals surface area contributed by atoms with Crippen molar-refractivity contribution >= 4 is 11.8 Å². The highest BCUT2D eigenvalue weighted by molar-refractivity contribution is 5.89. The number of nitrogens with zero attached hydrogens (tertiary/aromatic N) is 2. The number of fused-ring (bicyclic) bond motifs is 1. The molecule has 0 N–H and O–H groups in total. The Kier molecular flexibility index (Phi) is 2.92. The van der Waals surface area contributed by atoms with Crippen molar-refractivity contribution in [3.8, 4) is 5.88 Å². The first-order valence-electron chi connectivity index (χ1n) is 5.56. The maximum Gasteiger partial charge on any atom is 0.415 e. The van der Waals surface area contributed by atoms with Gasteiger partial charge in [0.25, 0.3) is 0 Å². The Morgan fingerprint density at radius 3 is 3.00 bits per heavy atom. The Morgan fingerprint density at radius 1 is 1.53 bits per heavy atom. The summed E-state index contributed by atoms with van der Waals surface area (Å²) < 4.78 is 10.7. The molecule has 5 nitrogen and oxygen atoms in total. The van der Waals surface area contributed by atoms with Crippen LogP contribution in [0.4, 0.5) is 10.5 Å². The van der Waals surface area contributed by atoms with E-state index < -0.39 is 5.60 Å². The minimum atomic E-state index is -0.502. The lowest BCUT2D eigenvalue weighted by Crippen LogP contribution is -2.41. The highest BCUT2D eigenvalue weighted by Gasteiger charge is 2.28. The SMILES string of the molecule is CC(C)(C)OC(=O)N1CCOc2ncccc21. The van der Waals surface area contributed by atoms with E-state index in [0.29, 0.717) is 24.7 Å². The lowest BCUT2D eigenvalue weighted by molar-refractivity contribution is 0.0567. The van der Waals surface area contributed by atoms with E-state index in [1.807, 2.05) is 20.8 Å². The molecular formula is C12H16N2O3. The molecule has 0 aliphatic carbocycles. The molecule has 92 valence electrons. The van der Waals surface area contributed by atoms with E-state index in [1.54, 1.807) is 23.2 Å². The summed E-state index contributed by atoms with van der Waals surface area (Å²) in [5.41, 5.74) is 0.158. The Hall–Kier alpha value is -1.78. The van der Waals surface area contributed by atoms with Gasteiger partial charge in [0.15, 0.2) is 0 Å². The summed E-state index contributed by atoms with van der Waals surface area (Å²) in [6, 6.07) is 3.57. The molecule has 0 fully saturated rings. The highest BCUT2D eigenvalue weighted by atomic mass is 16.6. The zero-order valence-electron chi connectivity index (χ0n) is 10.3. The summed E-state index contributed by atoms with van der Waals surface area (Å²) in [6.45, 7) is 6.44. The van der Waals surface area contributed by atoms with Gasteiger partial charge in [-0.15, -0.1) is 0 Å². The molecule has 17 heavy (non-hydrogen) atoms. The standard InChI is InChI=1S/C12H16N2O3/c1-12(2,3)17-11(15)14-7-8-16-10-9(14)5-4-6-13-10/h4-6H,7-8H2,1-3H3. The van der Waals surface area contributed by atoms with E-state index in [1.165, 1.54) is 0 Å². The third-order valence-electron chi connectivity index (χ3n) is 2.21. The van der Waals surface area contributed by atoms with Gasteiger partial charge in [0, 0.05) is 6.20 Å². The van der Waals surface area contributed by atoms with Gasteiger partial charge >= 0.3 is 6.09 Å². The zero-order valence-corrected chi connectivity index (χ0v) is 10.3. The van der Waals surface area contributed by atoms with Crippen molar-refractivity contribution in [3.05, 3.63) is 18.3 Å². The average Bonchev–Trinajstić information content (AvgIpc) is 2.26. The Balaban J connectivity index is 2.21. The van der Waals surface area contributed by atoms with Crippen LogP contribution in [-0.2, 0) is 4.74 Å². The first-order valence-corrected chi connectivity index (χ1v) is 5.56. The monoisotopic (exact) mass is 236 g/mol. The first-order chi connectivity index (χ1) is 7.97. The molecule has 0 saturated heterocycles. The Morgan fingerprint density at radius 2 is 2.29 bits per heavy atom. The van der Waals surface area contributed by atoms with Crippen LogP contribution in [0.15, 0.2) is 18.3 Å². The number of pyridine rings is 1. The second kappa shape index (κ2) is 4.24. The fourth-order valence-corrected chi connectivity index (χ4v) is 1.56. The summed E-state index contributed by atoms with van der Waals surface area (Å²) in [5, 5.41) is 0. The van der Waals surface area contributed by atoms with Gasteiger partial charge in [0.2, 0.25) is 5.88 Å². The van der Waals surface area contributed by atoms with Gasteiger partial charge in [0.05, 0.1) is 6.54 Å². The number of rotatable bonds is 0. The van der Waals surface area contributed by atoms with E-state index in [9.17, 15) is 4.79 Å². The van der Waals surface area contributed by atoms with E-state index in [2.05, 4.69) is 4.98 Å². The number of carbonyl (C=O) groups is 1. The summed E-state index contributed by atoms with van der Waals surface area (Å²) in [6.07, 6.45) is 1.27. The maximum atomic E-state index is 12.0. The van der Waals surface area contributed by atoms with Crippen molar-refractivity contribution in [2.45, 2.75) is 26.4 Å². The molecule has 0 saturated carbocycles. The summed E-state index contributed by atoms with van der Waals surface area (Å²) in [5.74, 6) is 0.476. The molecule has 0 unspecified atom stereocenters. The Labute approximate surface area is 100 Å². The number of anilines is 1. The van der Waals surface area contributed by atoms with Crippen LogP contribution in [0.25, 0.3) is 0 Å². The molecule has 2 heterocycles. The molecule has 0 bridgehead atoms. The van der Waals surface area contributed by atoms with Gasteiger partial charge in [-0.25, -0.2) is 9.78 Å². The van der Waals surface area contributed by atoms with Gasteiger partial charge in [-0.3, -0.25) is 4.90 Å². The number of hydrogen-bond donors (Lipinski definition) is 0. The van der Waals surface area contributed by atoms with Gasteiger partial charge in [-0.1, -0.05) is 0 Å². The average molecular weight is 236 g/mol. The topological polar surface area (TPSA) is 51.7 Å². The van der Waals surface area contributed by atoms with Crippen molar-refractivity contribution in [1.82, 2.24) is 4.98 Å². The van der Waals surface area contributed by atoms with Crippen molar-refractivity contribution in [1.29, 1.82) is 0 Å². The lowest BCUT2D eigenvalue weighted by Gasteiger charge is -2.30. The number of amides is 1. The van der Waals surface area contributed by atoms with Crippen LogP contribution in [0.2, 0.25) is 0 Å². The fourth-order valence-electron chi connectivity index (χ4n) is 1.56. The van der Waals surface area contributed by atoms with Gasteiger partial charge in [-0.05, 0) is 32.9 Å². The number of aromatic nitrogens is 1. The van der Waals surface area contributed by atoms with Crippen LogP contribution in [0, 0.1) is 0 Å². The van der Waals surface area contributed by atoms with E-state index in [-0.39, 0.29) is 6.09 Å². The third kappa shape index (κ3) is 2.67. The van der Waals surface area contributed by atoms with Crippen molar-refractivity contribution in [2.24, 2.45) is 0 Å². The lowest BCUT2D eigenvalue weighted by atomic mass is 10.2. The number of hydrogen-bond acceptors (Lipinski definition) is 4. The fraction of sp³-hybridized carbons (Fsp3) is 0.500. The summed E-state index contributed by atoms with van der Waals surface area (Å²) in [4.78, 5) is 17.6. The highest BCUT2D eigenvalue weighted by Crippen LogP contribution is 2.29. The molecule has 0 aromatic carbocycles. The van der Waals surface area contributed by atoms with Crippen molar-refractivity contribution in [3.63, 3.8) is 0 Å². The minimum absolute atomic E-state index is 0.366. The smallest absolute Gasteiger partial charge is 0.415 e. The van der Waals surface area contributed by atoms with Crippen LogP contribution in [0.5, 0.6) is 5.88 Å².